The van der Waals surface area contributed by atoms with Crippen molar-refractivity contribution in [3.8, 4) is 5.75 Å². The van der Waals surface area contributed by atoms with Gasteiger partial charge in [0.15, 0.2) is 5.78 Å². The van der Waals surface area contributed by atoms with Crippen molar-refractivity contribution in [2.45, 2.75) is 6.92 Å². The summed E-state index contributed by atoms with van der Waals surface area (Å²) in [5.41, 5.74) is 3.79. The Morgan fingerprint density at radius 3 is 2.50 bits per heavy atom. The molecule has 14 heavy (non-hydrogen) atoms. The number of carbonyl (C=O) groups excluding carboxylic acids is 1. The quantitative estimate of drug-likeness (QED) is 0.538. The Morgan fingerprint density at radius 1 is 1.36 bits per heavy atom. The molecule has 1 rings (SSSR count). The second-order valence-electron chi connectivity index (χ2n) is 2.84. The van der Waals surface area contributed by atoms with E-state index in [1.165, 1.54) is 13.0 Å². The van der Waals surface area contributed by atoms with Crippen LogP contribution in [0.15, 0.2) is 36.1 Å². The molecule has 0 N–H and O–H groups in total. The minimum atomic E-state index is -0.00485. The fourth-order valence-corrected chi connectivity index (χ4v) is 0.955. The van der Waals surface area contributed by atoms with Crippen LogP contribution in [0.3, 0.4) is 0 Å². The van der Waals surface area contributed by atoms with Crippen molar-refractivity contribution >= 4 is 11.9 Å². The van der Waals surface area contributed by atoms with E-state index in [1.54, 1.807) is 13.2 Å². The van der Waals surface area contributed by atoms with Crippen molar-refractivity contribution in [1.29, 1.82) is 0 Å². The SMILES string of the molecule is COc1ccc(C=C=CC(C)=O)cc1. The van der Waals surface area contributed by atoms with Crippen LogP contribution in [0.5, 0.6) is 5.75 Å². The summed E-state index contributed by atoms with van der Waals surface area (Å²) in [6.45, 7) is 1.49. The molecule has 0 atom stereocenters. The average molecular weight is 188 g/mol. The number of ether oxygens (including phenoxy) is 1. The van der Waals surface area contributed by atoms with E-state index in [0.717, 1.165) is 11.3 Å². The lowest BCUT2D eigenvalue weighted by atomic mass is 10.2. The van der Waals surface area contributed by atoms with Gasteiger partial charge in [0, 0.05) is 6.08 Å². The van der Waals surface area contributed by atoms with E-state index in [4.69, 9.17) is 4.74 Å². The third-order valence-corrected chi connectivity index (χ3v) is 1.65. The number of benzene rings is 1. The van der Waals surface area contributed by atoms with Gasteiger partial charge in [0.25, 0.3) is 0 Å². The van der Waals surface area contributed by atoms with E-state index < -0.39 is 0 Å². The third-order valence-electron chi connectivity index (χ3n) is 1.65. The summed E-state index contributed by atoms with van der Waals surface area (Å²) < 4.78 is 5.02. The van der Waals surface area contributed by atoms with Crippen LogP contribution in [-0.4, -0.2) is 12.9 Å². The first kappa shape index (κ1) is 10.3. The monoisotopic (exact) mass is 188 g/mol. The highest BCUT2D eigenvalue weighted by Crippen LogP contribution is 2.11. The maximum Gasteiger partial charge on any atom is 0.160 e. The van der Waals surface area contributed by atoms with Crippen LogP contribution in [0.4, 0.5) is 0 Å². The summed E-state index contributed by atoms with van der Waals surface area (Å²) >= 11 is 0. The summed E-state index contributed by atoms with van der Waals surface area (Å²) in [7, 11) is 1.63. The van der Waals surface area contributed by atoms with Gasteiger partial charge < -0.3 is 4.74 Å². The van der Waals surface area contributed by atoms with E-state index in [1.807, 2.05) is 24.3 Å². The Balaban J connectivity index is 2.78. The highest BCUT2D eigenvalue weighted by Gasteiger charge is 1.88. The predicted molar refractivity (Wildman–Crippen MR) is 56.2 cm³/mol. The second kappa shape index (κ2) is 5.05. The van der Waals surface area contributed by atoms with E-state index in [2.05, 4.69) is 5.73 Å². The van der Waals surface area contributed by atoms with Crippen molar-refractivity contribution in [3.05, 3.63) is 41.6 Å². The number of rotatable bonds is 3. The molecule has 0 aliphatic heterocycles. The van der Waals surface area contributed by atoms with Crippen LogP contribution in [-0.2, 0) is 4.79 Å². The lowest BCUT2D eigenvalue weighted by molar-refractivity contribution is -0.112. The highest BCUT2D eigenvalue weighted by molar-refractivity contribution is 5.87. The molecule has 0 bridgehead atoms. The lowest BCUT2D eigenvalue weighted by Gasteiger charge is -1.97. The first-order valence-electron chi connectivity index (χ1n) is 4.29. The van der Waals surface area contributed by atoms with E-state index in [-0.39, 0.29) is 5.78 Å². The molecule has 0 saturated carbocycles. The van der Waals surface area contributed by atoms with Gasteiger partial charge in [0.1, 0.15) is 5.75 Å². The molecule has 0 fully saturated rings. The number of hydrogen-bond donors (Lipinski definition) is 0. The molecule has 0 aromatic heterocycles. The van der Waals surface area contributed by atoms with E-state index in [9.17, 15) is 4.79 Å². The zero-order valence-corrected chi connectivity index (χ0v) is 8.28. The summed E-state index contributed by atoms with van der Waals surface area (Å²) in [5.74, 6) is 0.812. The zero-order valence-electron chi connectivity index (χ0n) is 8.28. The van der Waals surface area contributed by atoms with Crippen molar-refractivity contribution < 1.29 is 9.53 Å². The third kappa shape index (κ3) is 3.30. The molecule has 0 spiro atoms. The molecule has 2 nitrogen and oxygen atoms in total. The minimum Gasteiger partial charge on any atom is -0.497 e. The zero-order chi connectivity index (χ0) is 10.4. The van der Waals surface area contributed by atoms with Gasteiger partial charge in [-0.05, 0) is 30.7 Å². The van der Waals surface area contributed by atoms with E-state index in [0.29, 0.717) is 0 Å². The Bertz CT molecular complexity index is 368. The first-order chi connectivity index (χ1) is 6.72. The van der Waals surface area contributed by atoms with Crippen molar-refractivity contribution in [3.63, 3.8) is 0 Å². The number of carbonyl (C=O) groups is 1. The smallest absolute Gasteiger partial charge is 0.160 e. The van der Waals surface area contributed by atoms with Crippen LogP contribution in [0, 0.1) is 0 Å². The molecule has 1 aromatic rings. The van der Waals surface area contributed by atoms with Gasteiger partial charge in [0.05, 0.1) is 7.11 Å². The number of hydrogen-bond acceptors (Lipinski definition) is 2. The van der Waals surface area contributed by atoms with Crippen molar-refractivity contribution in [2.24, 2.45) is 0 Å². The Labute approximate surface area is 83.5 Å². The van der Waals surface area contributed by atoms with Gasteiger partial charge in [-0.2, -0.15) is 0 Å². The maximum atomic E-state index is 10.6. The van der Waals surface area contributed by atoms with E-state index >= 15 is 0 Å². The minimum absolute atomic E-state index is 0.00485. The van der Waals surface area contributed by atoms with Gasteiger partial charge in [-0.25, -0.2) is 0 Å². The molecule has 0 heterocycles. The first-order valence-corrected chi connectivity index (χ1v) is 4.29. The molecule has 0 aliphatic rings. The molecule has 1 aromatic carbocycles. The molecule has 72 valence electrons. The normalized spacial score (nSPS) is 8.71. The summed E-state index contributed by atoms with van der Waals surface area (Å²) in [5, 5.41) is 0. The van der Waals surface area contributed by atoms with Gasteiger partial charge in [-0.1, -0.05) is 12.1 Å². The van der Waals surface area contributed by atoms with Crippen molar-refractivity contribution in [1.82, 2.24) is 0 Å². The predicted octanol–water partition coefficient (Wildman–Crippen LogP) is 2.45. The average Bonchev–Trinajstić information content (AvgIpc) is 2.18. The second-order valence-corrected chi connectivity index (χ2v) is 2.84. The van der Waals surface area contributed by atoms with Gasteiger partial charge >= 0.3 is 0 Å². The number of allylic oxidation sites excluding steroid dienone is 1. The van der Waals surface area contributed by atoms with Crippen LogP contribution < -0.4 is 4.74 Å². The highest BCUT2D eigenvalue weighted by atomic mass is 16.5. The largest absolute Gasteiger partial charge is 0.497 e. The van der Waals surface area contributed by atoms with Crippen molar-refractivity contribution in [2.75, 3.05) is 7.11 Å². The lowest BCUT2D eigenvalue weighted by Crippen LogP contribution is -1.81. The molecule has 0 amide bonds. The summed E-state index contributed by atoms with van der Waals surface area (Å²) in [4.78, 5) is 10.6. The summed E-state index contributed by atoms with van der Waals surface area (Å²) in [6.07, 6.45) is 3.16. The molecule has 0 unspecified atom stereocenters. The fraction of sp³-hybridized carbons (Fsp3) is 0.167. The molecule has 0 radical (unpaired) electrons. The number of methoxy groups -OCH3 is 1. The summed E-state index contributed by atoms with van der Waals surface area (Å²) in [6, 6.07) is 7.53. The fourth-order valence-electron chi connectivity index (χ4n) is 0.955. The molecule has 0 saturated heterocycles. The molecular weight excluding hydrogens is 176 g/mol. The Hall–Kier alpha value is -1.79. The van der Waals surface area contributed by atoms with Gasteiger partial charge in [-0.3, -0.25) is 4.79 Å². The molecular formula is C12H12O2. The topological polar surface area (TPSA) is 26.3 Å². The molecule has 2 heteroatoms. The van der Waals surface area contributed by atoms with Crippen LogP contribution in [0.1, 0.15) is 12.5 Å². The van der Waals surface area contributed by atoms with Crippen LogP contribution in [0.2, 0.25) is 0 Å². The Morgan fingerprint density at radius 2 is 2.00 bits per heavy atom. The Kier molecular flexibility index (Phi) is 3.71. The molecule has 0 aliphatic carbocycles. The number of ketones is 1. The van der Waals surface area contributed by atoms with Crippen LogP contribution in [0.25, 0.3) is 6.08 Å². The van der Waals surface area contributed by atoms with Crippen LogP contribution >= 0.6 is 0 Å². The van der Waals surface area contributed by atoms with Gasteiger partial charge in [0.2, 0.25) is 0 Å². The maximum absolute atomic E-state index is 10.6. The standard InChI is InChI=1S/C12H12O2/c1-10(13)4-3-5-11-6-8-12(14-2)9-7-11/h4-9H,1-2H3. The van der Waals surface area contributed by atoms with Gasteiger partial charge in [-0.15, -0.1) is 5.73 Å².